The van der Waals surface area contributed by atoms with Gasteiger partial charge in [0, 0.05) is 28.2 Å². The van der Waals surface area contributed by atoms with Crippen molar-refractivity contribution in [2.75, 3.05) is 5.32 Å². The Balaban J connectivity index is 1.52. The molecular weight excluding hydrogens is 335 g/mol. The number of halogens is 3. The number of rotatable bonds is 2. The van der Waals surface area contributed by atoms with Crippen molar-refractivity contribution < 1.29 is 18.0 Å². The summed E-state index contributed by atoms with van der Waals surface area (Å²) in [4.78, 5) is 12.5. The third-order valence-corrected chi connectivity index (χ3v) is 4.49. The highest BCUT2D eigenvalue weighted by atomic mass is 19.4. The zero-order valence-electron chi connectivity index (χ0n) is 12.9. The van der Waals surface area contributed by atoms with Crippen LogP contribution < -0.4 is 5.32 Å². The number of amides is 1. The van der Waals surface area contributed by atoms with Gasteiger partial charge in [0.05, 0.1) is 11.7 Å². The summed E-state index contributed by atoms with van der Waals surface area (Å²) in [6, 6.07) is 5.28. The number of hydrogen-bond donors (Lipinski definition) is 3. The number of nitrogens with one attached hydrogen (secondary N) is 3. The number of aryl methyl sites for hydroxylation is 1. The number of aromatic amines is 2. The first-order valence-electron chi connectivity index (χ1n) is 7.79. The maximum atomic E-state index is 13.0. The van der Waals surface area contributed by atoms with E-state index in [0.29, 0.717) is 24.2 Å². The van der Waals surface area contributed by atoms with Gasteiger partial charge in [-0.3, -0.25) is 15.0 Å². The minimum absolute atomic E-state index is 0.0282. The van der Waals surface area contributed by atoms with Crippen LogP contribution in [0.4, 0.5) is 18.9 Å². The van der Waals surface area contributed by atoms with Crippen LogP contribution in [0.2, 0.25) is 0 Å². The monoisotopic (exact) mass is 349 g/mol. The maximum Gasteiger partial charge on any atom is 0.435 e. The van der Waals surface area contributed by atoms with Crippen LogP contribution in [0.5, 0.6) is 0 Å². The van der Waals surface area contributed by atoms with E-state index in [4.69, 9.17) is 0 Å². The molecule has 3 N–H and O–H groups in total. The van der Waals surface area contributed by atoms with E-state index < -0.39 is 17.8 Å². The number of benzene rings is 1. The molecule has 2 aromatic heterocycles. The minimum Gasteiger partial charge on any atom is -0.326 e. The van der Waals surface area contributed by atoms with Crippen LogP contribution >= 0.6 is 0 Å². The van der Waals surface area contributed by atoms with Crippen molar-refractivity contribution in [3.8, 4) is 0 Å². The molecule has 1 atom stereocenters. The SMILES string of the molecule is O=C(Nc1ccc2[nH]ncc2c1)[C@@H]1CCc2[nH]nc(C(F)(F)F)c2C1. The number of H-pyrrole nitrogens is 2. The Morgan fingerprint density at radius 3 is 2.92 bits per heavy atom. The average molecular weight is 349 g/mol. The summed E-state index contributed by atoms with van der Waals surface area (Å²) < 4.78 is 39.0. The van der Waals surface area contributed by atoms with Gasteiger partial charge in [0.2, 0.25) is 5.91 Å². The van der Waals surface area contributed by atoms with Crippen molar-refractivity contribution >= 4 is 22.5 Å². The Bertz CT molecular complexity index is 943. The molecule has 1 aromatic carbocycles. The number of anilines is 1. The Labute approximate surface area is 139 Å². The standard InChI is InChI=1S/C16H14F3N5O/c17-16(18,19)14-11-6-8(1-3-13(11)23-24-14)15(25)21-10-2-4-12-9(5-10)7-20-22-12/h2,4-5,7-8H,1,3,6H2,(H,20,22)(H,21,25)(H,23,24)/t8-/m1/s1. The lowest BCUT2D eigenvalue weighted by molar-refractivity contribution is -0.142. The molecule has 9 heteroatoms. The minimum atomic E-state index is -4.52. The van der Waals surface area contributed by atoms with Crippen molar-refractivity contribution in [3.05, 3.63) is 41.3 Å². The molecule has 1 amide bonds. The Morgan fingerprint density at radius 2 is 2.12 bits per heavy atom. The number of carbonyl (C=O) groups is 1. The molecule has 0 unspecified atom stereocenters. The molecular formula is C16H14F3N5O. The van der Waals surface area contributed by atoms with E-state index >= 15 is 0 Å². The number of hydrogen-bond acceptors (Lipinski definition) is 3. The van der Waals surface area contributed by atoms with Gasteiger partial charge in [-0.2, -0.15) is 23.4 Å². The predicted molar refractivity (Wildman–Crippen MR) is 83.8 cm³/mol. The lowest BCUT2D eigenvalue weighted by atomic mass is 9.85. The highest BCUT2D eigenvalue weighted by Gasteiger charge is 2.40. The molecule has 1 aliphatic carbocycles. The zero-order chi connectivity index (χ0) is 17.6. The van der Waals surface area contributed by atoms with Gasteiger partial charge in [-0.1, -0.05) is 0 Å². The zero-order valence-corrected chi connectivity index (χ0v) is 12.9. The van der Waals surface area contributed by atoms with E-state index in [1.807, 2.05) is 0 Å². The van der Waals surface area contributed by atoms with Crippen molar-refractivity contribution in [2.24, 2.45) is 5.92 Å². The molecule has 2 heterocycles. The fraction of sp³-hybridized carbons (Fsp3) is 0.312. The molecule has 4 rings (SSSR count). The van der Waals surface area contributed by atoms with Crippen LogP contribution in [0.25, 0.3) is 10.9 Å². The van der Waals surface area contributed by atoms with Crippen LogP contribution in [-0.4, -0.2) is 26.3 Å². The summed E-state index contributed by atoms with van der Waals surface area (Å²) in [6.45, 7) is 0. The molecule has 0 fully saturated rings. The Morgan fingerprint density at radius 1 is 1.28 bits per heavy atom. The lowest BCUT2D eigenvalue weighted by Gasteiger charge is -2.22. The van der Waals surface area contributed by atoms with Crippen molar-refractivity contribution in [1.82, 2.24) is 20.4 Å². The van der Waals surface area contributed by atoms with Crippen molar-refractivity contribution in [1.29, 1.82) is 0 Å². The van der Waals surface area contributed by atoms with Crippen LogP contribution in [0.1, 0.15) is 23.4 Å². The fourth-order valence-corrected chi connectivity index (χ4v) is 3.22. The summed E-state index contributed by atoms with van der Waals surface area (Å²) in [5.41, 5.74) is 1.08. The second-order valence-electron chi connectivity index (χ2n) is 6.13. The van der Waals surface area contributed by atoms with Gasteiger partial charge in [0.15, 0.2) is 5.69 Å². The van der Waals surface area contributed by atoms with Crippen LogP contribution in [0, 0.1) is 5.92 Å². The van der Waals surface area contributed by atoms with Gasteiger partial charge in [-0.05, 0) is 37.5 Å². The molecule has 6 nitrogen and oxygen atoms in total. The van der Waals surface area contributed by atoms with Gasteiger partial charge in [-0.25, -0.2) is 0 Å². The Kier molecular flexibility index (Phi) is 3.52. The molecule has 0 radical (unpaired) electrons. The maximum absolute atomic E-state index is 13.0. The largest absolute Gasteiger partial charge is 0.435 e. The summed E-state index contributed by atoms with van der Waals surface area (Å²) in [5, 5.41) is 16.2. The molecule has 1 aliphatic rings. The highest BCUT2D eigenvalue weighted by Crippen LogP contribution is 2.36. The molecule has 0 aliphatic heterocycles. The van der Waals surface area contributed by atoms with E-state index in [1.165, 1.54) is 0 Å². The third-order valence-electron chi connectivity index (χ3n) is 4.49. The summed E-state index contributed by atoms with van der Waals surface area (Å²) in [7, 11) is 0. The van der Waals surface area contributed by atoms with E-state index in [-0.39, 0.29) is 17.9 Å². The first kappa shape index (κ1) is 15.7. The number of alkyl halides is 3. The third kappa shape index (κ3) is 2.86. The van der Waals surface area contributed by atoms with Gasteiger partial charge in [0.1, 0.15) is 0 Å². The van der Waals surface area contributed by atoms with E-state index in [9.17, 15) is 18.0 Å². The number of carbonyl (C=O) groups excluding carboxylic acids is 1. The second kappa shape index (κ2) is 5.61. The van der Waals surface area contributed by atoms with Crippen molar-refractivity contribution in [2.45, 2.75) is 25.4 Å². The van der Waals surface area contributed by atoms with Gasteiger partial charge in [0.25, 0.3) is 0 Å². The van der Waals surface area contributed by atoms with Gasteiger partial charge >= 0.3 is 6.18 Å². The molecule has 25 heavy (non-hydrogen) atoms. The van der Waals surface area contributed by atoms with Crippen LogP contribution in [-0.2, 0) is 23.8 Å². The molecule has 3 aromatic rings. The molecule has 0 bridgehead atoms. The Hall–Kier alpha value is -2.84. The number of aromatic nitrogens is 4. The lowest BCUT2D eigenvalue weighted by Crippen LogP contribution is -2.29. The number of fused-ring (bicyclic) bond motifs is 2. The van der Waals surface area contributed by atoms with E-state index in [0.717, 1.165) is 10.9 Å². The summed E-state index contributed by atoms with van der Waals surface area (Å²) in [5.74, 6) is -0.811. The second-order valence-corrected chi connectivity index (χ2v) is 6.13. The van der Waals surface area contributed by atoms with Crippen LogP contribution in [0.15, 0.2) is 24.4 Å². The quantitative estimate of drug-likeness (QED) is 0.665. The first-order chi connectivity index (χ1) is 11.9. The van der Waals surface area contributed by atoms with Crippen molar-refractivity contribution in [3.63, 3.8) is 0 Å². The van der Waals surface area contributed by atoms with E-state index in [1.54, 1.807) is 24.4 Å². The summed E-state index contributed by atoms with van der Waals surface area (Å²) >= 11 is 0. The topological polar surface area (TPSA) is 86.5 Å². The summed E-state index contributed by atoms with van der Waals surface area (Å²) in [6.07, 6.45) is -2.00. The predicted octanol–water partition coefficient (Wildman–Crippen LogP) is 3.05. The van der Waals surface area contributed by atoms with Gasteiger partial charge < -0.3 is 5.32 Å². The molecule has 0 saturated heterocycles. The highest BCUT2D eigenvalue weighted by molar-refractivity contribution is 5.95. The smallest absolute Gasteiger partial charge is 0.326 e. The number of nitrogens with zero attached hydrogens (tertiary/aromatic N) is 2. The molecule has 0 spiro atoms. The normalized spacial score (nSPS) is 17.5. The van der Waals surface area contributed by atoms with Gasteiger partial charge in [-0.15, -0.1) is 0 Å². The van der Waals surface area contributed by atoms with E-state index in [2.05, 4.69) is 25.7 Å². The molecule has 0 saturated carbocycles. The fourth-order valence-electron chi connectivity index (χ4n) is 3.22. The average Bonchev–Trinajstić information content (AvgIpc) is 3.19. The molecule has 130 valence electrons. The first-order valence-corrected chi connectivity index (χ1v) is 7.79. The van der Waals surface area contributed by atoms with Crippen LogP contribution in [0.3, 0.4) is 0 Å².